The summed E-state index contributed by atoms with van der Waals surface area (Å²) < 4.78 is 36.9. The Hall–Kier alpha value is -2.13. The number of rotatable bonds is 3. The number of pyridine rings is 1. The molecule has 4 heterocycles. The number of aromatic nitrogens is 1. The Morgan fingerprint density at radius 2 is 1.94 bits per heavy atom. The van der Waals surface area contributed by atoms with E-state index >= 15 is 0 Å². The molecule has 4 rings (SSSR count). The van der Waals surface area contributed by atoms with Crippen LogP contribution in [0.5, 0.6) is 5.75 Å². The molecular weight excluding hydrogens is 442 g/mol. The molecule has 0 unspecified atom stereocenters. The van der Waals surface area contributed by atoms with E-state index in [1.165, 1.54) is 10.6 Å². The van der Waals surface area contributed by atoms with E-state index < -0.39 is 15.6 Å². The summed E-state index contributed by atoms with van der Waals surface area (Å²) in [5.74, 6) is 1.16. The SMILES string of the molecule is CC(C)(C)OC(=O)N1CCC([C@]2(C)Cc3cc(C4=CCN(S(C)(=O)=O)CC4)ncc3O2)CC1. The van der Waals surface area contributed by atoms with Crippen LogP contribution in [0.15, 0.2) is 18.3 Å². The number of sulfonamides is 1. The average molecular weight is 478 g/mol. The number of amides is 1. The highest BCUT2D eigenvalue weighted by molar-refractivity contribution is 7.88. The molecule has 0 aliphatic carbocycles. The van der Waals surface area contributed by atoms with Gasteiger partial charge in [-0.3, -0.25) is 4.98 Å². The van der Waals surface area contributed by atoms with Gasteiger partial charge < -0.3 is 14.4 Å². The van der Waals surface area contributed by atoms with Crippen molar-refractivity contribution in [2.24, 2.45) is 5.92 Å². The first kappa shape index (κ1) is 24.0. The van der Waals surface area contributed by atoms with Crippen LogP contribution in [0.1, 0.15) is 58.2 Å². The topological polar surface area (TPSA) is 89.0 Å². The Morgan fingerprint density at radius 1 is 1.24 bits per heavy atom. The summed E-state index contributed by atoms with van der Waals surface area (Å²) in [5.41, 5.74) is 2.31. The largest absolute Gasteiger partial charge is 0.485 e. The highest BCUT2D eigenvalue weighted by atomic mass is 32.2. The molecule has 1 amide bonds. The summed E-state index contributed by atoms with van der Waals surface area (Å²) in [4.78, 5) is 18.8. The van der Waals surface area contributed by atoms with E-state index in [0.717, 1.165) is 41.8 Å². The Labute approximate surface area is 197 Å². The van der Waals surface area contributed by atoms with Gasteiger partial charge in [-0.15, -0.1) is 0 Å². The number of carbonyl (C=O) groups is 1. The second-order valence-corrected chi connectivity index (χ2v) is 12.6. The van der Waals surface area contributed by atoms with E-state index in [9.17, 15) is 13.2 Å². The molecular formula is C24H35N3O5S. The van der Waals surface area contributed by atoms with Crippen LogP contribution in [-0.4, -0.2) is 72.3 Å². The van der Waals surface area contributed by atoms with Gasteiger partial charge >= 0.3 is 6.09 Å². The van der Waals surface area contributed by atoms with Crippen molar-refractivity contribution in [3.63, 3.8) is 0 Å². The second kappa shape index (κ2) is 8.58. The number of hydrogen-bond donors (Lipinski definition) is 0. The lowest BCUT2D eigenvalue weighted by Gasteiger charge is -2.40. The van der Waals surface area contributed by atoms with Crippen molar-refractivity contribution in [3.05, 3.63) is 29.6 Å². The molecule has 1 aromatic heterocycles. The molecule has 0 aromatic carbocycles. The Kier molecular flexibility index (Phi) is 6.24. The van der Waals surface area contributed by atoms with Crippen molar-refractivity contribution >= 4 is 21.7 Å². The zero-order valence-corrected chi connectivity index (χ0v) is 21.1. The van der Waals surface area contributed by atoms with Crippen molar-refractivity contribution < 1.29 is 22.7 Å². The predicted octanol–water partition coefficient (Wildman–Crippen LogP) is 3.47. The van der Waals surface area contributed by atoms with Gasteiger partial charge in [0.25, 0.3) is 0 Å². The van der Waals surface area contributed by atoms with Gasteiger partial charge in [0.05, 0.1) is 18.1 Å². The predicted molar refractivity (Wildman–Crippen MR) is 127 cm³/mol. The maximum atomic E-state index is 12.4. The number of hydrogen-bond acceptors (Lipinski definition) is 6. The van der Waals surface area contributed by atoms with E-state index in [-0.39, 0.29) is 11.7 Å². The lowest BCUT2D eigenvalue weighted by atomic mass is 9.79. The molecule has 0 bridgehead atoms. The van der Waals surface area contributed by atoms with Gasteiger partial charge in [-0.1, -0.05) is 6.08 Å². The third-order valence-electron chi connectivity index (χ3n) is 6.81. The molecule has 33 heavy (non-hydrogen) atoms. The third kappa shape index (κ3) is 5.35. The van der Waals surface area contributed by atoms with Crippen LogP contribution in [0.3, 0.4) is 0 Å². The summed E-state index contributed by atoms with van der Waals surface area (Å²) in [6.45, 7) is 10.0. The lowest BCUT2D eigenvalue weighted by Crippen LogP contribution is -2.48. The van der Waals surface area contributed by atoms with Crippen molar-refractivity contribution in [1.82, 2.24) is 14.2 Å². The van der Waals surface area contributed by atoms with Crippen molar-refractivity contribution in [1.29, 1.82) is 0 Å². The summed E-state index contributed by atoms with van der Waals surface area (Å²) >= 11 is 0. The molecule has 0 radical (unpaired) electrons. The first-order valence-corrected chi connectivity index (χ1v) is 13.5. The number of nitrogens with zero attached hydrogens (tertiary/aromatic N) is 3. The van der Waals surface area contributed by atoms with E-state index in [4.69, 9.17) is 9.47 Å². The van der Waals surface area contributed by atoms with Gasteiger partial charge in [0.2, 0.25) is 10.0 Å². The summed E-state index contributed by atoms with van der Waals surface area (Å²) in [5, 5.41) is 0. The first-order chi connectivity index (χ1) is 15.3. The van der Waals surface area contributed by atoms with Crippen LogP contribution in [0.4, 0.5) is 4.79 Å². The monoisotopic (exact) mass is 477 g/mol. The molecule has 1 fully saturated rings. The molecule has 0 spiro atoms. The van der Waals surface area contributed by atoms with Crippen molar-refractivity contribution in [3.8, 4) is 5.75 Å². The van der Waals surface area contributed by atoms with E-state index in [2.05, 4.69) is 18.0 Å². The molecule has 0 N–H and O–H groups in total. The highest BCUT2D eigenvalue weighted by Gasteiger charge is 2.44. The van der Waals surface area contributed by atoms with E-state index in [1.54, 1.807) is 11.1 Å². The fourth-order valence-electron chi connectivity index (χ4n) is 4.97. The number of carbonyl (C=O) groups excluding carboxylic acids is 1. The summed E-state index contributed by atoms with van der Waals surface area (Å²) in [7, 11) is -3.17. The van der Waals surface area contributed by atoms with E-state index in [0.29, 0.717) is 38.5 Å². The first-order valence-electron chi connectivity index (χ1n) is 11.6. The van der Waals surface area contributed by atoms with Crippen LogP contribution in [-0.2, 0) is 21.2 Å². The number of ether oxygens (including phenoxy) is 2. The third-order valence-corrected chi connectivity index (χ3v) is 8.08. The Balaban J connectivity index is 1.39. The number of fused-ring (bicyclic) bond motifs is 1. The standard InChI is InChI=1S/C24H35N3O5S/c1-23(2,3)32-22(28)26-10-8-19(9-11-26)24(4)15-18-14-20(25-16-21(18)31-24)17-6-12-27(13-7-17)33(5,29)30/h6,14,16,19H,7-13,15H2,1-5H3/t24-/m0/s1. The number of piperidine rings is 1. The molecule has 1 aromatic rings. The zero-order valence-electron chi connectivity index (χ0n) is 20.3. The van der Waals surface area contributed by atoms with Gasteiger partial charge in [-0.2, -0.15) is 4.31 Å². The van der Waals surface area contributed by atoms with E-state index in [1.807, 2.05) is 26.8 Å². The zero-order chi connectivity index (χ0) is 24.0. The van der Waals surface area contributed by atoms with Crippen molar-refractivity contribution in [2.45, 2.75) is 64.6 Å². The smallest absolute Gasteiger partial charge is 0.410 e. The maximum absolute atomic E-state index is 12.4. The molecule has 9 heteroatoms. The Bertz CT molecular complexity index is 1050. The fourth-order valence-corrected chi connectivity index (χ4v) is 5.74. The Morgan fingerprint density at radius 3 is 2.52 bits per heavy atom. The molecule has 0 saturated carbocycles. The van der Waals surface area contributed by atoms with Gasteiger partial charge in [0.1, 0.15) is 17.0 Å². The van der Waals surface area contributed by atoms with Gasteiger partial charge in [-0.05, 0) is 58.6 Å². The lowest BCUT2D eigenvalue weighted by molar-refractivity contribution is -0.00829. The van der Waals surface area contributed by atoms with Crippen LogP contribution in [0.2, 0.25) is 0 Å². The maximum Gasteiger partial charge on any atom is 0.410 e. The molecule has 182 valence electrons. The van der Waals surface area contributed by atoms with Crippen molar-refractivity contribution in [2.75, 3.05) is 32.4 Å². The van der Waals surface area contributed by atoms with Crippen LogP contribution in [0.25, 0.3) is 5.57 Å². The minimum atomic E-state index is -3.17. The number of likely N-dealkylation sites (tertiary alicyclic amines) is 1. The molecule has 8 nitrogen and oxygen atoms in total. The summed E-state index contributed by atoms with van der Waals surface area (Å²) in [6.07, 6.45) is 7.96. The van der Waals surface area contributed by atoms with Gasteiger partial charge in [-0.25, -0.2) is 13.2 Å². The minimum Gasteiger partial charge on any atom is -0.485 e. The molecule has 1 atom stereocenters. The molecule has 3 aliphatic rings. The minimum absolute atomic E-state index is 0.245. The van der Waals surface area contributed by atoms with Crippen LogP contribution < -0.4 is 4.74 Å². The fraction of sp³-hybridized carbons (Fsp3) is 0.667. The molecule has 1 saturated heterocycles. The van der Waals surface area contributed by atoms with Crippen LogP contribution >= 0.6 is 0 Å². The quantitative estimate of drug-likeness (QED) is 0.662. The highest BCUT2D eigenvalue weighted by Crippen LogP contribution is 2.43. The van der Waals surface area contributed by atoms with Gasteiger partial charge in [0, 0.05) is 44.1 Å². The second-order valence-electron chi connectivity index (χ2n) is 10.6. The van der Waals surface area contributed by atoms with Crippen LogP contribution in [0, 0.1) is 5.92 Å². The molecule has 3 aliphatic heterocycles. The average Bonchev–Trinajstić information content (AvgIpc) is 3.08. The summed E-state index contributed by atoms with van der Waals surface area (Å²) in [6, 6.07) is 2.10. The van der Waals surface area contributed by atoms with Gasteiger partial charge in [0.15, 0.2) is 0 Å². The normalized spacial score (nSPS) is 24.8.